The van der Waals surface area contributed by atoms with Gasteiger partial charge in [-0.1, -0.05) is 6.92 Å². The molecule has 2 fully saturated rings. The van der Waals surface area contributed by atoms with Crippen molar-refractivity contribution in [1.82, 2.24) is 4.90 Å². The number of hydrogen-bond donors (Lipinski definition) is 1. The van der Waals surface area contributed by atoms with E-state index in [1.54, 1.807) is 0 Å². The molecule has 0 aromatic carbocycles. The molecule has 0 aromatic rings. The Morgan fingerprint density at radius 2 is 1.73 bits per heavy atom. The van der Waals surface area contributed by atoms with Crippen LogP contribution >= 0.6 is 0 Å². The molecule has 2 heteroatoms. The number of hydrogen-bond acceptors (Lipinski definition) is 2. The van der Waals surface area contributed by atoms with E-state index in [-0.39, 0.29) is 6.10 Å². The highest BCUT2D eigenvalue weighted by molar-refractivity contribution is 4.84. The standard InChI is InChI=1S/C13H25NO/c1-10-3-5-12(6-4-10)14(2)9-11-7-13(15)8-11/h10-13,15H,3-9H2,1-2H3. The van der Waals surface area contributed by atoms with Crippen LogP contribution in [-0.4, -0.2) is 35.7 Å². The van der Waals surface area contributed by atoms with E-state index in [4.69, 9.17) is 0 Å². The summed E-state index contributed by atoms with van der Waals surface area (Å²) in [4.78, 5) is 2.54. The molecule has 2 aliphatic carbocycles. The molecular weight excluding hydrogens is 186 g/mol. The smallest absolute Gasteiger partial charge is 0.0546 e. The first-order chi connectivity index (χ1) is 7.15. The van der Waals surface area contributed by atoms with E-state index in [1.807, 2.05) is 0 Å². The third-order valence-electron chi connectivity index (χ3n) is 4.37. The SMILES string of the molecule is CC1CCC(N(C)CC2CC(O)C2)CC1. The van der Waals surface area contributed by atoms with Gasteiger partial charge in [-0.25, -0.2) is 0 Å². The monoisotopic (exact) mass is 211 g/mol. The second kappa shape index (κ2) is 4.84. The van der Waals surface area contributed by atoms with Crippen LogP contribution in [-0.2, 0) is 0 Å². The zero-order valence-electron chi connectivity index (χ0n) is 10.2. The van der Waals surface area contributed by atoms with E-state index in [2.05, 4.69) is 18.9 Å². The van der Waals surface area contributed by atoms with Crippen LogP contribution in [0.4, 0.5) is 0 Å². The van der Waals surface area contributed by atoms with Crippen LogP contribution in [0, 0.1) is 11.8 Å². The quantitative estimate of drug-likeness (QED) is 0.774. The molecule has 2 aliphatic rings. The molecule has 2 rings (SSSR count). The summed E-state index contributed by atoms with van der Waals surface area (Å²) in [5.74, 6) is 1.71. The third-order valence-corrected chi connectivity index (χ3v) is 4.37. The van der Waals surface area contributed by atoms with Crippen molar-refractivity contribution in [3.05, 3.63) is 0 Å². The topological polar surface area (TPSA) is 23.5 Å². The largest absolute Gasteiger partial charge is 0.393 e. The van der Waals surface area contributed by atoms with Gasteiger partial charge in [0.1, 0.15) is 0 Å². The summed E-state index contributed by atoms with van der Waals surface area (Å²) in [6.45, 7) is 3.58. The Morgan fingerprint density at radius 3 is 2.27 bits per heavy atom. The minimum absolute atomic E-state index is 0.00905. The molecule has 0 aliphatic heterocycles. The number of aliphatic hydroxyl groups is 1. The summed E-state index contributed by atoms with van der Waals surface area (Å²) in [5, 5.41) is 9.26. The van der Waals surface area contributed by atoms with E-state index in [1.165, 1.54) is 32.2 Å². The molecule has 2 saturated carbocycles. The first-order valence-electron chi connectivity index (χ1n) is 6.53. The van der Waals surface area contributed by atoms with Crippen LogP contribution in [0.5, 0.6) is 0 Å². The highest BCUT2D eigenvalue weighted by atomic mass is 16.3. The van der Waals surface area contributed by atoms with E-state index in [0.29, 0.717) is 0 Å². The summed E-state index contributed by atoms with van der Waals surface area (Å²) in [6, 6.07) is 0.818. The van der Waals surface area contributed by atoms with Crippen LogP contribution in [0.25, 0.3) is 0 Å². The average Bonchev–Trinajstić information content (AvgIpc) is 2.16. The summed E-state index contributed by atoms with van der Waals surface area (Å²) in [6.07, 6.45) is 7.65. The van der Waals surface area contributed by atoms with Gasteiger partial charge in [0.05, 0.1) is 6.10 Å². The predicted molar refractivity (Wildman–Crippen MR) is 62.8 cm³/mol. The molecule has 0 spiro atoms. The lowest BCUT2D eigenvalue weighted by atomic mass is 9.81. The van der Waals surface area contributed by atoms with Gasteiger partial charge < -0.3 is 10.0 Å². The second-order valence-electron chi connectivity index (χ2n) is 5.84. The van der Waals surface area contributed by atoms with Crippen molar-refractivity contribution in [1.29, 1.82) is 0 Å². The molecule has 0 saturated heterocycles. The van der Waals surface area contributed by atoms with Crippen molar-refractivity contribution in [3.63, 3.8) is 0 Å². The predicted octanol–water partition coefficient (Wildman–Crippen LogP) is 2.27. The maximum Gasteiger partial charge on any atom is 0.0546 e. The zero-order chi connectivity index (χ0) is 10.8. The number of aliphatic hydroxyl groups excluding tert-OH is 1. The fourth-order valence-electron chi connectivity index (χ4n) is 3.09. The fourth-order valence-corrected chi connectivity index (χ4v) is 3.09. The molecule has 0 amide bonds. The normalized spacial score (nSPS) is 41.6. The van der Waals surface area contributed by atoms with Gasteiger partial charge in [0.15, 0.2) is 0 Å². The van der Waals surface area contributed by atoms with Crippen molar-refractivity contribution < 1.29 is 5.11 Å². The minimum atomic E-state index is 0.00905. The van der Waals surface area contributed by atoms with Gasteiger partial charge in [0.2, 0.25) is 0 Å². The summed E-state index contributed by atoms with van der Waals surface area (Å²) in [7, 11) is 2.27. The van der Waals surface area contributed by atoms with Crippen molar-refractivity contribution >= 4 is 0 Å². The molecule has 0 unspecified atom stereocenters. The van der Waals surface area contributed by atoms with Crippen molar-refractivity contribution in [2.75, 3.05) is 13.6 Å². The molecule has 1 N–H and O–H groups in total. The average molecular weight is 211 g/mol. The highest BCUT2D eigenvalue weighted by Gasteiger charge is 2.30. The molecule has 0 bridgehead atoms. The Kier molecular flexibility index (Phi) is 3.68. The van der Waals surface area contributed by atoms with Crippen molar-refractivity contribution in [2.45, 2.75) is 57.6 Å². The highest BCUT2D eigenvalue weighted by Crippen LogP contribution is 2.31. The number of nitrogens with zero attached hydrogens (tertiary/aromatic N) is 1. The van der Waals surface area contributed by atoms with Crippen molar-refractivity contribution in [3.8, 4) is 0 Å². The fraction of sp³-hybridized carbons (Fsp3) is 1.00. The maximum absolute atomic E-state index is 9.26. The maximum atomic E-state index is 9.26. The van der Waals surface area contributed by atoms with Gasteiger partial charge in [-0.3, -0.25) is 0 Å². The summed E-state index contributed by atoms with van der Waals surface area (Å²) in [5.41, 5.74) is 0. The lowest BCUT2D eigenvalue weighted by molar-refractivity contribution is 0.0178. The van der Waals surface area contributed by atoms with E-state index >= 15 is 0 Å². The van der Waals surface area contributed by atoms with Gasteiger partial charge >= 0.3 is 0 Å². The number of rotatable bonds is 3. The summed E-state index contributed by atoms with van der Waals surface area (Å²) < 4.78 is 0. The second-order valence-corrected chi connectivity index (χ2v) is 5.84. The lowest BCUT2D eigenvalue weighted by Crippen LogP contribution is -2.42. The van der Waals surface area contributed by atoms with Gasteiger partial charge in [-0.05, 0) is 57.4 Å². The van der Waals surface area contributed by atoms with Crippen LogP contribution in [0.3, 0.4) is 0 Å². The van der Waals surface area contributed by atoms with Gasteiger partial charge in [-0.2, -0.15) is 0 Å². The minimum Gasteiger partial charge on any atom is -0.393 e. The Hall–Kier alpha value is -0.0800. The van der Waals surface area contributed by atoms with Gasteiger partial charge in [-0.15, -0.1) is 0 Å². The Morgan fingerprint density at radius 1 is 1.13 bits per heavy atom. The first kappa shape index (κ1) is 11.4. The van der Waals surface area contributed by atoms with Gasteiger partial charge in [0, 0.05) is 12.6 Å². The Labute approximate surface area is 93.7 Å². The Bertz CT molecular complexity index is 193. The van der Waals surface area contributed by atoms with E-state index < -0.39 is 0 Å². The van der Waals surface area contributed by atoms with Crippen LogP contribution < -0.4 is 0 Å². The molecule has 88 valence electrons. The Balaban J connectivity index is 1.69. The molecule has 2 nitrogen and oxygen atoms in total. The van der Waals surface area contributed by atoms with E-state index in [9.17, 15) is 5.11 Å². The lowest BCUT2D eigenvalue weighted by Gasteiger charge is -2.39. The van der Waals surface area contributed by atoms with Gasteiger partial charge in [0.25, 0.3) is 0 Å². The van der Waals surface area contributed by atoms with Crippen LogP contribution in [0.15, 0.2) is 0 Å². The molecule has 0 heterocycles. The van der Waals surface area contributed by atoms with E-state index in [0.717, 1.165) is 30.7 Å². The third kappa shape index (κ3) is 2.94. The molecule has 0 atom stereocenters. The first-order valence-corrected chi connectivity index (χ1v) is 6.53. The molecular formula is C13H25NO. The van der Waals surface area contributed by atoms with Crippen LogP contribution in [0.2, 0.25) is 0 Å². The summed E-state index contributed by atoms with van der Waals surface area (Å²) >= 11 is 0. The molecule has 0 aromatic heterocycles. The van der Waals surface area contributed by atoms with Crippen LogP contribution in [0.1, 0.15) is 45.4 Å². The van der Waals surface area contributed by atoms with Crippen molar-refractivity contribution in [2.24, 2.45) is 11.8 Å². The zero-order valence-corrected chi connectivity index (χ0v) is 10.2. The molecule has 0 radical (unpaired) electrons. The molecule has 15 heavy (non-hydrogen) atoms.